The summed E-state index contributed by atoms with van der Waals surface area (Å²) in [6.45, 7) is 1.94. The Morgan fingerprint density at radius 3 is 2.88 bits per heavy atom. The van der Waals surface area contributed by atoms with Crippen molar-refractivity contribution in [3.8, 4) is 0 Å². The van der Waals surface area contributed by atoms with Crippen molar-refractivity contribution in [1.29, 1.82) is 0 Å². The standard InChI is InChI=1S/C10H16FN5/c1-2-3-8(11)13-10-6-9(14-16-15-10)12-7-4-5-7/h6-8H,2-5H2,1H3,(H2,12,13,14,15). The molecule has 2 rings (SSSR count). The fourth-order valence-electron chi connectivity index (χ4n) is 1.37. The molecule has 88 valence electrons. The normalized spacial score (nSPS) is 16.9. The monoisotopic (exact) mass is 225 g/mol. The first-order valence-electron chi connectivity index (χ1n) is 5.65. The molecule has 0 bridgehead atoms. The lowest BCUT2D eigenvalue weighted by molar-refractivity contribution is 0.348. The molecule has 5 nitrogen and oxygen atoms in total. The second-order valence-electron chi connectivity index (χ2n) is 4.02. The largest absolute Gasteiger partial charge is 0.366 e. The van der Waals surface area contributed by atoms with E-state index in [-0.39, 0.29) is 0 Å². The molecule has 1 unspecified atom stereocenters. The molecular weight excluding hydrogens is 209 g/mol. The Labute approximate surface area is 93.8 Å². The predicted molar refractivity (Wildman–Crippen MR) is 59.9 cm³/mol. The van der Waals surface area contributed by atoms with Gasteiger partial charge >= 0.3 is 0 Å². The van der Waals surface area contributed by atoms with Gasteiger partial charge in [0.15, 0.2) is 17.9 Å². The van der Waals surface area contributed by atoms with E-state index in [1.807, 2.05) is 6.92 Å². The molecule has 0 aromatic carbocycles. The van der Waals surface area contributed by atoms with Crippen molar-refractivity contribution in [2.24, 2.45) is 0 Å². The minimum atomic E-state index is -1.07. The Morgan fingerprint density at radius 2 is 2.19 bits per heavy atom. The molecule has 1 saturated carbocycles. The zero-order valence-electron chi connectivity index (χ0n) is 9.28. The van der Waals surface area contributed by atoms with E-state index in [4.69, 9.17) is 0 Å². The zero-order valence-corrected chi connectivity index (χ0v) is 9.28. The second-order valence-corrected chi connectivity index (χ2v) is 4.02. The summed E-state index contributed by atoms with van der Waals surface area (Å²) < 4.78 is 13.3. The highest BCUT2D eigenvalue weighted by Crippen LogP contribution is 2.23. The van der Waals surface area contributed by atoms with Crippen molar-refractivity contribution in [3.63, 3.8) is 0 Å². The van der Waals surface area contributed by atoms with Gasteiger partial charge in [-0.3, -0.25) is 0 Å². The molecule has 0 saturated heterocycles. The fourth-order valence-corrected chi connectivity index (χ4v) is 1.37. The van der Waals surface area contributed by atoms with Crippen LogP contribution in [0.2, 0.25) is 0 Å². The van der Waals surface area contributed by atoms with Crippen molar-refractivity contribution in [3.05, 3.63) is 6.07 Å². The minimum absolute atomic E-state index is 0.430. The van der Waals surface area contributed by atoms with E-state index in [2.05, 4.69) is 26.0 Å². The maximum Gasteiger partial charge on any atom is 0.171 e. The maximum absolute atomic E-state index is 13.3. The van der Waals surface area contributed by atoms with Gasteiger partial charge in [0.05, 0.1) is 0 Å². The van der Waals surface area contributed by atoms with Crippen LogP contribution in [0.25, 0.3) is 0 Å². The highest BCUT2D eigenvalue weighted by Gasteiger charge is 2.21. The first-order valence-corrected chi connectivity index (χ1v) is 5.65. The number of hydrogen-bond donors (Lipinski definition) is 2. The summed E-state index contributed by atoms with van der Waals surface area (Å²) in [4.78, 5) is 0. The van der Waals surface area contributed by atoms with Crippen molar-refractivity contribution in [1.82, 2.24) is 15.4 Å². The third-order valence-corrected chi connectivity index (χ3v) is 2.35. The number of rotatable bonds is 6. The Morgan fingerprint density at radius 1 is 1.44 bits per heavy atom. The summed E-state index contributed by atoms with van der Waals surface area (Å²) in [5.41, 5.74) is 0. The van der Waals surface area contributed by atoms with Gasteiger partial charge in [-0.15, -0.1) is 10.2 Å². The summed E-state index contributed by atoms with van der Waals surface area (Å²) in [6, 6.07) is 2.19. The van der Waals surface area contributed by atoms with Gasteiger partial charge < -0.3 is 10.6 Å². The van der Waals surface area contributed by atoms with Crippen LogP contribution < -0.4 is 10.6 Å². The quantitative estimate of drug-likeness (QED) is 0.724. The molecule has 1 atom stereocenters. The van der Waals surface area contributed by atoms with E-state index in [0.717, 1.165) is 19.3 Å². The van der Waals surface area contributed by atoms with Crippen LogP contribution in [0.15, 0.2) is 6.07 Å². The summed E-state index contributed by atoms with van der Waals surface area (Å²) in [5, 5.41) is 17.0. The third-order valence-electron chi connectivity index (χ3n) is 2.35. The Hall–Kier alpha value is -1.46. The van der Waals surface area contributed by atoms with Crippen molar-refractivity contribution in [2.45, 2.75) is 44.9 Å². The van der Waals surface area contributed by atoms with Crippen molar-refractivity contribution in [2.75, 3.05) is 10.6 Å². The first kappa shape index (κ1) is 11.0. The molecule has 1 fully saturated rings. The Bertz CT molecular complexity index is 342. The summed E-state index contributed by atoms with van der Waals surface area (Å²) in [7, 11) is 0. The molecule has 1 aromatic heterocycles. The van der Waals surface area contributed by atoms with E-state index in [0.29, 0.717) is 24.1 Å². The lowest BCUT2D eigenvalue weighted by Gasteiger charge is -2.10. The van der Waals surface area contributed by atoms with E-state index in [9.17, 15) is 4.39 Å². The van der Waals surface area contributed by atoms with Crippen LogP contribution in [0.5, 0.6) is 0 Å². The van der Waals surface area contributed by atoms with Crippen molar-refractivity contribution >= 4 is 11.6 Å². The highest BCUT2D eigenvalue weighted by molar-refractivity contribution is 5.46. The average molecular weight is 225 g/mol. The van der Waals surface area contributed by atoms with Gasteiger partial charge in [0.2, 0.25) is 0 Å². The predicted octanol–water partition coefficient (Wildman–Crippen LogP) is 1.95. The minimum Gasteiger partial charge on any atom is -0.366 e. The molecule has 0 spiro atoms. The lowest BCUT2D eigenvalue weighted by Crippen LogP contribution is -2.15. The lowest BCUT2D eigenvalue weighted by atomic mass is 10.3. The van der Waals surface area contributed by atoms with Gasteiger partial charge in [0.1, 0.15) is 0 Å². The topological polar surface area (TPSA) is 62.7 Å². The fraction of sp³-hybridized carbons (Fsp3) is 0.700. The molecule has 1 aliphatic rings. The van der Waals surface area contributed by atoms with Gasteiger partial charge in [-0.2, -0.15) is 0 Å². The van der Waals surface area contributed by atoms with Gasteiger partial charge in [0.25, 0.3) is 0 Å². The molecule has 6 heteroatoms. The molecule has 1 aliphatic carbocycles. The van der Waals surface area contributed by atoms with E-state index < -0.39 is 6.30 Å². The van der Waals surface area contributed by atoms with E-state index in [1.54, 1.807) is 6.07 Å². The zero-order chi connectivity index (χ0) is 11.4. The van der Waals surface area contributed by atoms with Crippen molar-refractivity contribution < 1.29 is 4.39 Å². The van der Waals surface area contributed by atoms with Gasteiger partial charge in [-0.25, -0.2) is 4.39 Å². The van der Waals surface area contributed by atoms with E-state index >= 15 is 0 Å². The van der Waals surface area contributed by atoms with Crippen LogP contribution in [0.3, 0.4) is 0 Å². The number of hydrogen-bond acceptors (Lipinski definition) is 5. The second kappa shape index (κ2) is 5.05. The smallest absolute Gasteiger partial charge is 0.171 e. The molecule has 1 aromatic rings. The Balaban J connectivity index is 1.92. The van der Waals surface area contributed by atoms with E-state index in [1.165, 1.54) is 0 Å². The Kier molecular flexibility index (Phi) is 3.48. The number of anilines is 2. The van der Waals surface area contributed by atoms with Gasteiger partial charge in [-0.05, 0) is 24.5 Å². The highest BCUT2D eigenvalue weighted by atomic mass is 19.1. The molecule has 16 heavy (non-hydrogen) atoms. The van der Waals surface area contributed by atoms with Crippen LogP contribution in [0.4, 0.5) is 16.0 Å². The van der Waals surface area contributed by atoms with Crippen LogP contribution in [-0.2, 0) is 0 Å². The van der Waals surface area contributed by atoms with Gasteiger partial charge in [0, 0.05) is 12.1 Å². The molecule has 1 heterocycles. The average Bonchev–Trinajstić information content (AvgIpc) is 3.02. The maximum atomic E-state index is 13.3. The van der Waals surface area contributed by atoms with Crippen LogP contribution in [0.1, 0.15) is 32.6 Å². The SMILES string of the molecule is CCCC(F)Nc1cc(NC2CC2)nnn1. The van der Waals surface area contributed by atoms with Gasteiger partial charge in [-0.1, -0.05) is 13.3 Å². The number of nitrogens with zero attached hydrogens (tertiary/aromatic N) is 3. The van der Waals surface area contributed by atoms with Crippen LogP contribution in [0, 0.1) is 0 Å². The summed E-state index contributed by atoms with van der Waals surface area (Å²) >= 11 is 0. The van der Waals surface area contributed by atoms with Crippen LogP contribution >= 0.6 is 0 Å². The number of aromatic nitrogens is 3. The molecule has 2 N–H and O–H groups in total. The number of alkyl halides is 1. The first-order chi connectivity index (χ1) is 7.78. The van der Waals surface area contributed by atoms with Crippen LogP contribution in [-0.4, -0.2) is 27.7 Å². The molecule has 0 amide bonds. The molecule has 0 radical (unpaired) electrons. The third kappa shape index (κ3) is 3.29. The number of halogens is 1. The summed E-state index contributed by atoms with van der Waals surface area (Å²) in [5.74, 6) is 1.09. The molecule has 0 aliphatic heterocycles. The number of nitrogens with one attached hydrogen (secondary N) is 2. The molecular formula is C10H16FN5. The summed E-state index contributed by atoms with van der Waals surface area (Å²) in [6.07, 6.45) is 2.51.